The van der Waals surface area contributed by atoms with Crippen molar-refractivity contribution < 1.29 is 14.8 Å². The molecule has 9 nitrogen and oxygen atoms in total. The SMILES string of the molecule is O=c1[nH]c2ccccc2c(O[N+](=O)[O-])c1[N+](=O)[O-]. The van der Waals surface area contributed by atoms with Crippen LogP contribution in [0.2, 0.25) is 0 Å². The van der Waals surface area contributed by atoms with E-state index in [2.05, 4.69) is 9.82 Å². The smallest absolute Gasteiger partial charge is 0.316 e. The van der Waals surface area contributed by atoms with Crippen molar-refractivity contribution in [3.63, 3.8) is 0 Å². The standard InChI is InChI=1S/C9H5N3O6/c13-9-7(11(14)15)8(18-12(16)17)5-3-1-2-4-6(5)10-9/h1-4H,(H,10,13). The quantitative estimate of drug-likeness (QED) is 0.640. The highest BCUT2D eigenvalue weighted by molar-refractivity contribution is 5.88. The second-order valence-electron chi connectivity index (χ2n) is 3.25. The minimum Gasteiger partial charge on any atom is -0.316 e. The summed E-state index contributed by atoms with van der Waals surface area (Å²) in [6.45, 7) is 0. The van der Waals surface area contributed by atoms with Crippen molar-refractivity contribution in [2.75, 3.05) is 0 Å². The van der Waals surface area contributed by atoms with Crippen LogP contribution >= 0.6 is 0 Å². The highest BCUT2D eigenvalue weighted by Crippen LogP contribution is 2.30. The molecule has 1 heterocycles. The molecular formula is C9H5N3O6. The molecule has 1 N–H and O–H groups in total. The summed E-state index contributed by atoms with van der Waals surface area (Å²) in [5, 5.41) is 20.0. The molecule has 0 amide bonds. The highest BCUT2D eigenvalue weighted by Gasteiger charge is 2.25. The molecule has 18 heavy (non-hydrogen) atoms. The monoisotopic (exact) mass is 251 g/mol. The molecule has 2 rings (SSSR count). The van der Waals surface area contributed by atoms with Crippen LogP contribution in [0.3, 0.4) is 0 Å². The molecule has 0 saturated heterocycles. The van der Waals surface area contributed by atoms with Crippen molar-refractivity contribution in [2.45, 2.75) is 0 Å². The van der Waals surface area contributed by atoms with E-state index in [0.29, 0.717) is 0 Å². The maximum atomic E-state index is 11.5. The molecule has 2 aromatic rings. The lowest BCUT2D eigenvalue weighted by molar-refractivity contribution is -0.711. The first-order chi connectivity index (χ1) is 8.50. The number of rotatable bonds is 3. The molecular weight excluding hydrogens is 246 g/mol. The van der Waals surface area contributed by atoms with E-state index in [1.165, 1.54) is 18.2 Å². The van der Waals surface area contributed by atoms with Crippen molar-refractivity contribution in [1.82, 2.24) is 4.98 Å². The largest absolute Gasteiger partial charge is 0.364 e. The van der Waals surface area contributed by atoms with Gasteiger partial charge in [0.15, 0.2) is 0 Å². The van der Waals surface area contributed by atoms with Crippen molar-refractivity contribution >= 4 is 16.6 Å². The van der Waals surface area contributed by atoms with Crippen LogP contribution in [0.1, 0.15) is 0 Å². The Balaban J connectivity index is 2.89. The summed E-state index contributed by atoms with van der Waals surface area (Å²) in [5.41, 5.74) is -1.84. The van der Waals surface area contributed by atoms with Crippen LogP contribution < -0.4 is 10.4 Å². The van der Waals surface area contributed by atoms with E-state index in [0.717, 1.165) is 0 Å². The van der Waals surface area contributed by atoms with E-state index in [9.17, 15) is 25.0 Å². The average molecular weight is 251 g/mol. The molecule has 1 aromatic heterocycles. The number of aromatic nitrogens is 1. The van der Waals surface area contributed by atoms with Gasteiger partial charge in [-0.15, -0.1) is 10.1 Å². The van der Waals surface area contributed by atoms with Gasteiger partial charge in [0.1, 0.15) is 0 Å². The summed E-state index contributed by atoms with van der Waals surface area (Å²) < 4.78 is 0. The van der Waals surface area contributed by atoms with Gasteiger partial charge in [0.05, 0.1) is 10.4 Å². The third-order valence-electron chi connectivity index (χ3n) is 2.20. The number of nitro groups is 1. The zero-order chi connectivity index (χ0) is 13.3. The Kier molecular flexibility index (Phi) is 2.64. The minimum atomic E-state index is -1.20. The molecule has 0 spiro atoms. The average Bonchev–Trinajstić information content (AvgIpc) is 2.27. The van der Waals surface area contributed by atoms with Gasteiger partial charge in [0.2, 0.25) is 5.75 Å². The molecule has 0 atom stereocenters. The van der Waals surface area contributed by atoms with Crippen LogP contribution in [0.4, 0.5) is 5.69 Å². The molecule has 0 fully saturated rings. The van der Waals surface area contributed by atoms with Gasteiger partial charge in [-0.25, -0.2) is 0 Å². The molecule has 9 heteroatoms. The number of para-hydroxylation sites is 1. The Hall–Kier alpha value is -2.97. The van der Waals surface area contributed by atoms with Crippen LogP contribution in [0.25, 0.3) is 10.9 Å². The lowest BCUT2D eigenvalue weighted by atomic mass is 10.2. The van der Waals surface area contributed by atoms with Crippen molar-refractivity contribution in [2.24, 2.45) is 0 Å². The van der Waals surface area contributed by atoms with E-state index in [4.69, 9.17) is 0 Å². The highest BCUT2D eigenvalue weighted by atomic mass is 17.0. The fourth-order valence-corrected chi connectivity index (χ4v) is 1.54. The first-order valence-electron chi connectivity index (χ1n) is 4.62. The van der Waals surface area contributed by atoms with E-state index >= 15 is 0 Å². The third kappa shape index (κ3) is 1.84. The Bertz CT molecular complexity index is 707. The molecule has 0 saturated carbocycles. The lowest BCUT2D eigenvalue weighted by Gasteiger charge is -2.04. The first-order valence-corrected chi connectivity index (χ1v) is 4.62. The molecule has 0 radical (unpaired) electrons. The molecule has 1 aromatic carbocycles. The first kappa shape index (κ1) is 11.5. The Morgan fingerprint density at radius 1 is 1.17 bits per heavy atom. The van der Waals surface area contributed by atoms with Crippen LogP contribution in [0.5, 0.6) is 5.75 Å². The van der Waals surface area contributed by atoms with Crippen LogP contribution in [0, 0.1) is 20.2 Å². The fraction of sp³-hybridized carbons (Fsp3) is 0. The lowest BCUT2D eigenvalue weighted by Crippen LogP contribution is -2.16. The second kappa shape index (κ2) is 4.13. The zero-order valence-electron chi connectivity index (χ0n) is 8.65. The number of pyridine rings is 1. The van der Waals surface area contributed by atoms with Gasteiger partial charge in [0, 0.05) is 5.39 Å². The van der Waals surface area contributed by atoms with Gasteiger partial charge in [-0.3, -0.25) is 19.7 Å². The number of fused-ring (bicyclic) bond motifs is 1. The fourth-order valence-electron chi connectivity index (χ4n) is 1.54. The topological polar surface area (TPSA) is 128 Å². The summed E-state index contributed by atoms with van der Waals surface area (Å²) in [6.07, 6.45) is 0. The molecule has 0 aliphatic rings. The van der Waals surface area contributed by atoms with Crippen LogP contribution in [0.15, 0.2) is 29.1 Å². The summed E-state index contributed by atoms with van der Waals surface area (Å²) in [4.78, 5) is 38.0. The number of nitrogens with zero attached hydrogens (tertiary/aromatic N) is 2. The van der Waals surface area contributed by atoms with E-state index in [1.807, 2.05) is 0 Å². The molecule has 92 valence electrons. The number of hydrogen-bond acceptors (Lipinski definition) is 6. The van der Waals surface area contributed by atoms with Crippen LogP contribution in [-0.4, -0.2) is 15.0 Å². The maximum Gasteiger partial charge on any atom is 0.364 e. The van der Waals surface area contributed by atoms with Gasteiger partial charge in [-0.2, -0.15) is 0 Å². The molecule has 0 bridgehead atoms. The van der Waals surface area contributed by atoms with E-state index in [-0.39, 0.29) is 10.9 Å². The molecule has 0 aliphatic heterocycles. The summed E-state index contributed by atoms with van der Waals surface area (Å²) in [6, 6.07) is 5.90. The predicted octanol–water partition coefficient (Wildman–Crippen LogP) is 1.01. The number of benzene rings is 1. The number of nitrogens with one attached hydrogen (secondary N) is 1. The Morgan fingerprint density at radius 2 is 1.83 bits per heavy atom. The predicted molar refractivity (Wildman–Crippen MR) is 58.8 cm³/mol. The number of H-pyrrole nitrogens is 1. The van der Waals surface area contributed by atoms with Gasteiger partial charge >= 0.3 is 11.2 Å². The number of hydrogen-bond donors (Lipinski definition) is 1. The van der Waals surface area contributed by atoms with Gasteiger partial charge in [0.25, 0.3) is 5.09 Å². The van der Waals surface area contributed by atoms with E-state index < -0.39 is 27.0 Å². The molecule has 0 unspecified atom stereocenters. The zero-order valence-corrected chi connectivity index (χ0v) is 8.65. The van der Waals surface area contributed by atoms with Gasteiger partial charge < -0.3 is 4.98 Å². The Labute approximate surface area is 97.9 Å². The van der Waals surface area contributed by atoms with Crippen LogP contribution in [-0.2, 0) is 0 Å². The summed E-state index contributed by atoms with van der Waals surface area (Å²) >= 11 is 0. The van der Waals surface area contributed by atoms with Crippen molar-refractivity contribution in [3.05, 3.63) is 54.8 Å². The normalized spacial score (nSPS) is 10.2. The van der Waals surface area contributed by atoms with Crippen molar-refractivity contribution in [1.29, 1.82) is 0 Å². The summed E-state index contributed by atoms with van der Waals surface area (Å²) in [7, 11) is 0. The second-order valence-corrected chi connectivity index (χ2v) is 3.25. The van der Waals surface area contributed by atoms with Gasteiger partial charge in [-0.1, -0.05) is 18.2 Å². The van der Waals surface area contributed by atoms with Gasteiger partial charge in [-0.05, 0) is 6.07 Å². The van der Waals surface area contributed by atoms with Crippen molar-refractivity contribution in [3.8, 4) is 5.75 Å². The number of aromatic amines is 1. The van der Waals surface area contributed by atoms with E-state index in [1.54, 1.807) is 6.07 Å². The Morgan fingerprint density at radius 3 is 2.44 bits per heavy atom. The molecule has 0 aliphatic carbocycles. The summed E-state index contributed by atoms with van der Waals surface area (Å²) in [5.74, 6) is -0.677. The minimum absolute atomic E-state index is 0.0838. The maximum absolute atomic E-state index is 11.5. The third-order valence-corrected chi connectivity index (χ3v) is 2.20.